The third-order valence-electron chi connectivity index (χ3n) is 3.61. The van der Waals surface area contributed by atoms with E-state index >= 15 is 0 Å². The van der Waals surface area contributed by atoms with Gasteiger partial charge < -0.3 is 15.5 Å². The van der Waals surface area contributed by atoms with Crippen LogP contribution < -0.4 is 11.1 Å². The van der Waals surface area contributed by atoms with Gasteiger partial charge in [-0.15, -0.1) is 0 Å². The maximum absolute atomic E-state index is 5.98. The van der Waals surface area contributed by atoms with Crippen LogP contribution in [-0.2, 0) is 0 Å². The van der Waals surface area contributed by atoms with Crippen molar-refractivity contribution >= 4 is 11.6 Å². The minimum absolute atomic E-state index is 0.0983. The molecule has 1 aromatic carbocycles. The van der Waals surface area contributed by atoms with Crippen molar-refractivity contribution < 1.29 is 4.42 Å². The second-order valence-corrected chi connectivity index (χ2v) is 4.97. The predicted molar refractivity (Wildman–Crippen MR) is 90.9 cm³/mol. The highest BCUT2D eigenvalue weighted by Gasteiger charge is 2.20. The third-order valence-corrected chi connectivity index (χ3v) is 3.61. The second-order valence-electron chi connectivity index (χ2n) is 4.97. The molecular formula is C17H24N4O. The van der Waals surface area contributed by atoms with Crippen LogP contribution >= 0.6 is 0 Å². The molecule has 22 heavy (non-hydrogen) atoms. The Balaban J connectivity index is 2.05. The van der Waals surface area contributed by atoms with Crippen molar-refractivity contribution in [3.63, 3.8) is 0 Å². The maximum Gasteiger partial charge on any atom is 0.193 e. The molecule has 2 rings (SSSR count). The highest BCUT2D eigenvalue weighted by molar-refractivity contribution is 5.92. The number of nitrogens with two attached hydrogens (primary N) is 1. The van der Waals surface area contributed by atoms with E-state index in [1.807, 2.05) is 42.5 Å². The molecule has 0 amide bonds. The van der Waals surface area contributed by atoms with Crippen molar-refractivity contribution in [3.8, 4) is 0 Å². The number of anilines is 1. The van der Waals surface area contributed by atoms with Crippen LogP contribution in [0.3, 0.4) is 0 Å². The van der Waals surface area contributed by atoms with Crippen LogP contribution in [0.4, 0.5) is 5.69 Å². The number of guanidine groups is 1. The molecule has 5 heteroatoms. The Hall–Kier alpha value is -2.27. The lowest BCUT2D eigenvalue weighted by molar-refractivity contribution is 0.198. The molecular weight excluding hydrogens is 276 g/mol. The Morgan fingerprint density at radius 3 is 2.50 bits per heavy atom. The largest absolute Gasteiger partial charge is 0.468 e. The topological polar surface area (TPSA) is 66.8 Å². The molecule has 1 atom stereocenters. The van der Waals surface area contributed by atoms with E-state index in [4.69, 9.17) is 10.2 Å². The van der Waals surface area contributed by atoms with Gasteiger partial charge in [0.25, 0.3) is 0 Å². The van der Waals surface area contributed by atoms with E-state index in [1.54, 1.807) is 6.26 Å². The average Bonchev–Trinajstić information content (AvgIpc) is 3.06. The average molecular weight is 300 g/mol. The molecule has 0 saturated heterocycles. The van der Waals surface area contributed by atoms with E-state index < -0.39 is 0 Å². The minimum atomic E-state index is 0.0983. The van der Waals surface area contributed by atoms with E-state index in [0.717, 1.165) is 24.5 Å². The van der Waals surface area contributed by atoms with Gasteiger partial charge in [-0.1, -0.05) is 32.0 Å². The number of para-hydroxylation sites is 1. The van der Waals surface area contributed by atoms with Crippen LogP contribution in [0.5, 0.6) is 0 Å². The molecule has 0 saturated carbocycles. The first-order chi connectivity index (χ1) is 10.7. The summed E-state index contributed by atoms with van der Waals surface area (Å²) in [7, 11) is 0. The maximum atomic E-state index is 5.98. The molecule has 0 aliphatic rings. The monoisotopic (exact) mass is 300 g/mol. The van der Waals surface area contributed by atoms with Gasteiger partial charge in [0, 0.05) is 5.69 Å². The summed E-state index contributed by atoms with van der Waals surface area (Å²) in [6.07, 6.45) is 1.70. The van der Waals surface area contributed by atoms with E-state index in [1.165, 1.54) is 0 Å². The molecule has 0 spiro atoms. The van der Waals surface area contributed by atoms with Gasteiger partial charge in [0.15, 0.2) is 5.96 Å². The summed E-state index contributed by atoms with van der Waals surface area (Å²) < 4.78 is 5.56. The van der Waals surface area contributed by atoms with Crippen LogP contribution in [0.1, 0.15) is 25.6 Å². The number of likely N-dealkylation sites (N-methyl/N-ethyl adjacent to an activating group) is 1. The van der Waals surface area contributed by atoms with Gasteiger partial charge in [-0.2, -0.15) is 0 Å². The van der Waals surface area contributed by atoms with E-state index in [2.05, 4.69) is 29.1 Å². The molecule has 5 nitrogen and oxygen atoms in total. The van der Waals surface area contributed by atoms with Crippen molar-refractivity contribution in [2.24, 2.45) is 10.7 Å². The Kier molecular flexibility index (Phi) is 6.03. The van der Waals surface area contributed by atoms with Crippen molar-refractivity contribution in [1.82, 2.24) is 4.90 Å². The number of nitrogens with zero attached hydrogens (tertiary/aromatic N) is 2. The SMILES string of the molecule is CCN(CC)C(CN=C(N)Nc1ccccc1)c1ccco1. The fraction of sp³-hybridized carbons (Fsp3) is 0.353. The summed E-state index contributed by atoms with van der Waals surface area (Å²) in [5, 5.41) is 3.10. The van der Waals surface area contributed by atoms with Gasteiger partial charge in [-0.25, -0.2) is 0 Å². The standard InChI is InChI=1S/C17H24N4O/c1-3-21(4-2)15(16-11-8-12-22-16)13-19-17(18)20-14-9-6-5-7-10-14/h5-12,15H,3-4,13H2,1-2H3,(H3,18,19,20). The summed E-state index contributed by atoms with van der Waals surface area (Å²) in [4.78, 5) is 6.78. The number of hydrogen-bond donors (Lipinski definition) is 2. The van der Waals surface area contributed by atoms with Crippen LogP contribution in [-0.4, -0.2) is 30.5 Å². The zero-order valence-electron chi connectivity index (χ0n) is 13.2. The first-order valence-corrected chi connectivity index (χ1v) is 7.64. The molecule has 0 fully saturated rings. The lowest BCUT2D eigenvalue weighted by atomic mass is 10.2. The molecule has 3 N–H and O–H groups in total. The third kappa shape index (κ3) is 4.36. The Bertz CT molecular complexity index is 562. The normalized spacial score (nSPS) is 13.3. The number of nitrogens with one attached hydrogen (secondary N) is 1. The molecule has 0 radical (unpaired) electrons. The zero-order valence-corrected chi connectivity index (χ0v) is 13.2. The van der Waals surface area contributed by atoms with Gasteiger partial charge in [0.1, 0.15) is 5.76 Å². The fourth-order valence-corrected chi connectivity index (χ4v) is 2.42. The molecule has 2 aromatic rings. The smallest absolute Gasteiger partial charge is 0.193 e. The number of rotatable bonds is 7. The summed E-state index contributed by atoms with van der Waals surface area (Å²) in [5.74, 6) is 1.33. The lowest BCUT2D eigenvalue weighted by Gasteiger charge is -2.26. The predicted octanol–water partition coefficient (Wildman–Crippen LogP) is 3.09. The summed E-state index contributed by atoms with van der Waals surface area (Å²) in [6, 6.07) is 13.8. The first-order valence-electron chi connectivity index (χ1n) is 7.64. The van der Waals surface area contributed by atoms with E-state index in [0.29, 0.717) is 12.5 Å². The number of hydrogen-bond acceptors (Lipinski definition) is 3. The molecule has 0 bridgehead atoms. The molecule has 1 aromatic heterocycles. The Morgan fingerprint density at radius 1 is 1.18 bits per heavy atom. The summed E-state index contributed by atoms with van der Waals surface area (Å²) in [5.41, 5.74) is 6.91. The Morgan fingerprint density at radius 2 is 1.91 bits per heavy atom. The quantitative estimate of drug-likeness (QED) is 0.609. The van der Waals surface area contributed by atoms with Crippen molar-refractivity contribution in [1.29, 1.82) is 0 Å². The fourth-order valence-electron chi connectivity index (χ4n) is 2.42. The van der Waals surface area contributed by atoms with Gasteiger partial charge in [-0.05, 0) is 37.4 Å². The highest BCUT2D eigenvalue weighted by Crippen LogP contribution is 2.21. The molecule has 0 aliphatic carbocycles. The van der Waals surface area contributed by atoms with Crippen molar-refractivity contribution in [2.75, 3.05) is 25.0 Å². The molecule has 118 valence electrons. The van der Waals surface area contributed by atoms with Gasteiger partial charge in [-0.3, -0.25) is 9.89 Å². The number of aliphatic imine (C=N–C) groups is 1. The molecule has 0 aliphatic heterocycles. The van der Waals surface area contributed by atoms with Crippen LogP contribution in [0.15, 0.2) is 58.1 Å². The number of furan rings is 1. The van der Waals surface area contributed by atoms with Gasteiger partial charge in [0.05, 0.1) is 18.8 Å². The van der Waals surface area contributed by atoms with Gasteiger partial charge in [0.2, 0.25) is 0 Å². The minimum Gasteiger partial charge on any atom is -0.468 e. The molecule has 1 unspecified atom stereocenters. The van der Waals surface area contributed by atoms with Crippen molar-refractivity contribution in [2.45, 2.75) is 19.9 Å². The van der Waals surface area contributed by atoms with Crippen molar-refractivity contribution in [3.05, 3.63) is 54.5 Å². The number of benzene rings is 1. The van der Waals surface area contributed by atoms with E-state index in [9.17, 15) is 0 Å². The summed E-state index contributed by atoms with van der Waals surface area (Å²) >= 11 is 0. The Labute approximate surface area is 131 Å². The zero-order chi connectivity index (χ0) is 15.8. The second kappa shape index (κ2) is 8.24. The van der Waals surface area contributed by atoms with E-state index in [-0.39, 0.29) is 6.04 Å². The van der Waals surface area contributed by atoms with Gasteiger partial charge >= 0.3 is 0 Å². The lowest BCUT2D eigenvalue weighted by Crippen LogP contribution is -2.31. The van der Waals surface area contributed by atoms with Crippen LogP contribution in [0, 0.1) is 0 Å². The summed E-state index contributed by atoms with van der Waals surface area (Å²) in [6.45, 7) is 6.69. The first kappa shape index (κ1) is 16.1. The highest BCUT2D eigenvalue weighted by atomic mass is 16.3. The van der Waals surface area contributed by atoms with Crippen LogP contribution in [0.2, 0.25) is 0 Å². The van der Waals surface area contributed by atoms with Crippen LogP contribution in [0.25, 0.3) is 0 Å². The molecule has 1 heterocycles.